The minimum atomic E-state index is -0.705. The number of nitrogens with zero attached hydrogens (tertiary/aromatic N) is 2. The molecule has 1 heterocycles. The molecule has 35 heavy (non-hydrogen) atoms. The second-order valence-electron chi connectivity index (χ2n) is 8.35. The molecule has 0 radical (unpaired) electrons. The molecule has 1 aliphatic heterocycles. The molecule has 180 valence electrons. The van der Waals surface area contributed by atoms with E-state index < -0.39 is 6.67 Å². The largest absolute Gasteiger partial charge is 0.399 e. The summed E-state index contributed by atoms with van der Waals surface area (Å²) < 4.78 is 13.2. The van der Waals surface area contributed by atoms with E-state index in [1.807, 2.05) is 36.4 Å². The normalized spacial score (nSPS) is 13.4. The predicted molar refractivity (Wildman–Crippen MR) is 132 cm³/mol. The lowest BCUT2D eigenvalue weighted by molar-refractivity contribution is -0.131. The molecule has 0 saturated carbocycles. The van der Waals surface area contributed by atoms with Crippen molar-refractivity contribution in [2.24, 2.45) is 0 Å². The van der Waals surface area contributed by atoms with Gasteiger partial charge in [-0.05, 0) is 47.0 Å². The highest BCUT2D eigenvalue weighted by atomic mass is 19.1. The zero-order chi connectivity index (χ0) is 24.8. The van der Waals surface area contributed by atoms with Crippen molar-refractivity contribution in [2.75, 3.05) is 38.5 Å². The van der Waals surface area contributed by atoms with Crippen LogP contribution in [0.5, 0.6) is 0 Å². The van der Waals surface area contributed by atoms with Crippen LogP contribution in [-0.2, 0) is 11.5 Å². The molecule has 0 aromatic heterocycles. The molecule has 3 N–H and O–H groups in total. The molecule has 1 aliphatic rings. The molecule has 0 spiro atoms. The molecule has 3 amide bonds. The van der Waals surface area contributed by atoms with Crippen LogP contribution < -0.4 is 11.1 Å². The number of alkyl halides is 1. The number of amides is 3. The average Bonchev–Trinajstić information content (AvgIpc) is 2.91. The molecule has 0 unspecified atom stereocenters. The maximum atomic E-state index is 13.2. The van der Waals surface area contributed by atoms with E-state index in [9.17, 15) is 18.8 Å². The van der Waals surface area contributed by atoms with Crippen molar-refractivity contribution in [1.29, 1.82) is 0 Å². The van der Waals surface area contributed by atoms with Gasteiger partial charge in [-0.25, -0.2) is 4.39 Å². The van der Waals surface area contributed by atoms with Crippen molar-refractivity contribution in [1.82, 2.24) is 15.1 Å². The molecule has 1 fully saturated rings. The molecule has 1 saturated heterocycles. The zero-order valence-electron chi connectivity index (χ0n) is 19.2. The van der Waals surface area contributed by atoms with Crippen LogP contribution in [0.3, 0.4) is 0 Å². The number of hydrogen-bond acceptors (Lipinski definition) is 4. The minimum Gasteiger partial charge on any atom is -0.399 e. The fourth-order valence-electron chi connectivity index (χ4n) is 4.08. The van der Waals surface area contributed by atoms with Crippen LogP contribution in [0.2, 0.25) is 0 Å². The summed E-state index contributed by atoms with van der Waals surface area (Å²) in [4.78, 5) is 41.1. The number of benzene rings is 3. The van der Waals surface area contributed by atoms with Crippen LogP contribution in [0.25, 0.3) is 11.1 Å². The number of piperazine rings is 1. The number of anilines is 1. The highest BCUT2D eigenvalue weighted by Crippen LogP contribution is 2.22. The van der Waals surface area contributed by atoms with Crippen LogP contribution in [0.4, 0.5) is 10.1 Å². The summed E-state index contributed by atoms with van der Waals surface area (Å²) >= 11 is 0. The Morgan fingerprint density at radius 1 is 0.829 bits per heavy atom. The third kappa shape index (κ3) is 5.66. The minimum absolute atomic E-state index is 0.131. The summed E-state index contributed by atoms with van der Waals surface area (Å²) in [6.07, 6.45) is 0. The Balaban J connectivity index is 1.27. The molecule has 8 heteroatoms. The number of carbonyl (C=O) groups excluding carboxylic acids is 3. The Hall–Kier alpha value is -4.20. The first-order chi connectivity index (χ1) is 17.0. The lowest BCUT2D eigenvalue weighted by atomic mass is 10.0. The van der Waals surface area contributed by atoms with Crippen LogP contribution >= 0.6 is 0 Å². The highest BCUT2D eigenvalue weighted by molar-refractivity contribution is 5.97. The summed E-state index contributed by atoms with van der Waals surface area (Å²) in [6, 6.07) is 21.2. The van der Waals surface area contributed by atoms with E-state index in [1.165, 1.54) is 0 Å². The van der Waals surface area contributed by atoms with Gasteiger partial charge in [-0.1, -0.05) is 42.5 Å². The highest BCUT2D eigenvalue weighted by Gasteiger charge is 2.26. The molecule has 3 aromatic carbocycles. The van der Waals surface area contributed by atoms with Gasteiger partial charge in [0.15, 0.2) is 0 Å². The van der Waals surface area contributed by atoms with Gasteiger partial charge in [-0.2, -0.15) is 0 Å². The van der Waals surface area contributed by atoms with Crippen molar-refractivity contribution in [3.05, 3.63) is 89.5 Å². The number of rotatable bonds is 6. The SMILES string of the molecule is Nc1cccc(-c2ccc(C(=O)NCC(=O)N3CCN(C(=O)c4ccccc4CF)CC3)cc2)c1. The first-order valence-electron chi connectivity index (χ1n) is 11.4. The van der Waals surface area contributed by atoms with Crippen LogP contribution in [0, 0.1) is 0 Å². The topological polar surface area (TPSA) is 95.7 Å². The van der Waals surface area contributed by atoms with Crippen molar-refractivity contribution < 1.29 is 18.8 Å². The summed E-state index contributed by atoms with van der Waals surface area (Å²) in [6.45, 7) is 0.577. The predicted octanol–water partition coefficient (Wildman–Crippen LogP) is 3.12. The number of carbonyl (C=O) groups is 3. The summed E-state index contributed by atoms with van der Waals surface area (Å²) in [7, 11) is 0. The van der Waals surface area contributed by atoms with Crippen LogP contribution in [0.15, 0.2) is 72.8 Å². The Morgan fingerprint density at radius 3 is 2.20 bits per heavy atom. The number of hydrogen-bond donors (Lipinski definition) is 2. The Bertz CT molecular complexity index is 1220. The van der Waals surface area contributed by atoms with E-state index in [0.29, 0.717) is 48.6 Å². The zero-order valence-corrected chi connectivity index (χ0v) is 19.2. The van der Waals surface area contributed by atoms with Gasteiger partial charge in [0.25, 0.3) is 11.8 Å². The molecule has 0 atom stereocenters. The van der Waals surface area contributed by atoms with Crippen molar-refractivity contribution >= 4 is 23.4 Å². The van der Waals surface area contributed by atoms with E-state index in [4.69, 9.17) is 5.73 Å². The number of nitrogen functional groups attached to an aromatic ring is 1. The second kappa shape index (κ2) is 10.8. The summed E-state index contributed by atoms with van der Waals surface area (Å²) in [5, 5.41) is 2.67. The van der Waals surface area contributed by atoms with Gasteiger partial charge in [0.2, 0.25) is 5.91 Å². The van der Waals surface area contributed by atoms with Crippen LogP contribution in [0.1, 0.15) is 26.3 Å². The van der Waals surface area contributed by atoms with Crippen LogP contribution in [-0.4, -0.2) is 60.2 Å². The van der Waals surface area contributed by atoms with E-state index in [1.54, 1.807) is 46.2 Å². The van der Waals surface area contributed by atoms with Gasteiger partial charge in [0, 0.05) is 43.0 Å². The number of halogens is 1. The van der Waals surface area contributed by atoms with E-state index in [2.05, 4.69) is 5.32 Å². The molecule has 7 nitrogen and oxygen atoms in total. The second-order valence-corrected chi connectivity index (χ2v) is 8.35. The molecular weight excluding hydrogens is 447 g/mol. The number of nitrogens with one attached hydrogen (secondary N) is 1. The smallest absolute Gasteiger partial charge is 0.254 e. The fraction of sp³-hybridized carbons (Fsp3) is 0.222. The standard InChI is InChI=1S/C27H27FN4O3/c28-17-22-4-1-2-7-24(22)27(35)32-14-12-31(13-15-32)25(33)18-30-26(34)20-10-8-19(9-11-20)21-5-3-6-23(29)16-21/h1-11,16H,12-15,17-18,29H2,(H,30,34). The monoisotopic (exact) mass is 474 g/mol. The lowest BCUT2D eigenvalue weighted by Crippen LogP contribution is -2.52. The molecule has 4 rings (SSSR count). The molecule has 0 aliphatic carbocycles. The van der Waals surface area contributed by atoms with Gasteiger partial charge in [0.05, 0.1) is 6.54 Å². The maximum absolute atomic E-state index is 13.2. The third-order valence-corrected chi connectivity index (χ3v) is 6.08. The first-order valence-corrected chi connectivity index (χ1v) is 11.4. The Kier molecular flexibility index (Phi) is 7.40. The molecule has 3 aromatic rings. The first kappa shape index (κ1) is 23.9. The summed E-state index contributed by atoms with van der Waals surface area (Å²) in [5.41, 5.74) is 9.55. The van der Waals surface area contributed by atoms with E-state index in [0.717, 1.165) is 11.1 Å². The molecular formula is C27H27FN4O3. The Morgan fingerprint density at radius 2 is 1.51 bits per heavy atom. The quantitative estimate of drug-likeness (QED) is 0.537. The van der Waals surface area contributed by atoms with E-state index in [-0.39, 0.29) is 24.3 Å². The molecule has 0 bridgehead atoms. The Labute approximate surface area is 203 Å². The van der Waals surface area contributed by atoms with Gasteiger partial charge >= 0.3 is 0 Å². The maximum Gasteiger partial charge on any atom is 0.254 e. The summed E-state index contributed by atoms with van der Waals surface area (Å²) in [5.74, 6) is -0.791. The number of nitrogens with two attached hydrogens (primary N) is 1. The lowest BCUT2D eigenvalue weighted by Gasteiger charge is -2.35. The van der Waals surface area contributed by atoms with E-state index >= 15 is 0 Å². The fourth-order valence-corrected chi connectivity index (χ4v) is 4.08. The third-order valence-electron chi connectivity index (χ3n) is 6.08. The average molecular weight is 475 g/mol. The van der Waals surface area contributed by atoms with Gasteiger partial charge in [-0.3, -0.25) is 14.4 Å². The van der Waals surface area contributed by atoms with Crippen molar-refractivity contribution in [3.8, 4) is 11.1 Å². The van der Waals surface area contributed by atoms with Gasteiger partial charge < -0.3 is 20.9 Å². The van der Waals surface area contributed by atoms with Gasteiger partial charge in [0.1, 0.15) is 6.67 Å². The van der Waals surface area contributed by atoms with Crippen molar-refractivity contribution in [3.63, 3.8) is 0 Å². The van der Waals surface area contributed by atoms with Crippen molar-refractivity contribution in [2.45, 2.75) is 6.67 Å². The van der Waals surface area contributed by atoms with Gasteiger partial charge in [-0.15, -0.1) is 0 Å².